The maximum Gasteiger partial charge on any atom is 0.208 e. The Balaban J connectivity index is 1.47. The van der Waals surface area contributed by atoms with Crippen LogP contribution in [0.15, 0.2) is 29.6 Å². The molecule has 142 valence electrons. The van der Waals surface area contributed by atoms with Crippen molar-refractivity contribution in [3.05, 3.63) is 40.9 Å². The molecule has 1 fully saturated rings. The highest BCUT2D eigenvalue weighted by Crippen LogP contribution is 2.25. The lowest BCUT2D eigenvalue weighted by molar-refractivity contribution is 0.177. The highest BCUT2D eigenvalue weighted by Gasteiger charge is 2.20. The molecule has 1 aromatic heterocycles. The maximum absolute atomic E-state index is 11.2. The van der Waals surface area contributed by atoms with Gasteiger partial charge in [-0.15, -0.1) is 11.3 Å². The molecule has 1 saturated heterocycles. The van der Waals surface area contributed by atoms with Gasteiger partial charge < -0.3 is 5.32 Å². The minimum Gasteiger partial charge on any atom is -0.331 e. The number of nitrogens with one attached hydrogen (secondary N) is 2. The zero-order valence-corrected chi connectivity index (χ0v) is 16.9. The number of aromatic nitrogens is 1. The van der Waals surface area contributed by atoms with Crippen LogP contribution in [0.5, 0.6) is 0 Å². The Bertz CT molecular complexity index is 827. The van der Waals surface area contributed by atoms with Crippen LogP contribution in [0.2, 0.25) is 0 Å². The Kier molecular flexibility index (Phi) is 6.29. The van der Waals surface area contributed by atoms with E-state index < -0.39 is 10.0 Å². The van der Waals surface area contributed by atoms with Crippen molar-refractivity contribution in [2.75, 3.05) is 31.2 Å². The van der Waals surface area contributed by atoms with Crippen molar-refractivity contribution in [1.29, 1.82) is 0 Å². The first-order chi connectivity index (χ1) is 12.4. The van der Waals surface area contributed by atoms with Gasteiger partial charge in [-0.1, -0.05) is 18.2 Å². The molecule has 1 aliphatic rings. The first-order valence-corrected chi connectivity index (χ1v) is 11.6. The molecule has 2 N–H and O–H groups in total. The van der Waals surface area contributed by atoms with Gasteiger partial charge in [0, 0.05) is 24.2 Å². The van der Waals surface area contributed by atoms with E-state index in [9.17, 15) is 8.42 Å². The fraction of sp³-hybridized carbons (Fsp3) is 0.500. The number of piperidine rings is 1. The number of anilines is 2. The molecule has 0 saturated carbocycles. The summed E-state index contributed by atoms with van der Waals surface area (Å²) in [6, 6.07) is 8.20. The average molecular weight is 395 g/mol. The van der Waals surface area contributed by atoms with Crippen LogP contribution in [-0.4, -0.2) is 44.2 Å². The largest absolute Gasteiger partial charge is 0.331 e. The molecule has 6 nitrogen and oxygen atoms in total. The van der Waals surface area contributed by atoms with Gasteiger partial charge in [0.25, 0.3) is 0 Å². The summed E-state index contributed by atoms with van der Waals surface area (Å²) in [6.45, 7) is 5.44. The number of hydrogen-bond donors (Lipinski definition) is 2. The highest BCUT2D eigenvalue weighted by molar-refractivity contribution is 7.88. The van der Waals surface area contributed by atoms with Gasteiger partial charge in [-0.25, -0.2) is 18.1 Å². The molecule has 2 heterocycles. The maximum atomic E-state index is 11.2. The van der Waals surface area contributed by atoms with E-state index in [0.29, 0.717) is 12.5 Å². The van der Waals surface area contributed by atoms with Crippen LogP contribution in [0, 0.1) is 12.8 Å². The first-order valence-electron chi connectivity index (χ1n) is 8.83. The molecule has 0 bridgehead atoms. The summed E-state index contributed by atoms with van der Waals surface area (Å²) in [4.78, 5) is 7.09. The van der Waals surface area contributed by atoms with Gasteiger partial charge in [-0.05, 0) is 50.4 Å². The molecule has 26 heavy (non-hydrogen) atoms. The first kappa shape index (κ1) is 19.3. The fourth-order valence-corrected chi connectivity index (χ4v) is 4.36. The molecule has 2 aromatic rings. The molecular weight excluding hydrogens is 368 g/mol. The predicted molar refractivity (Wildman–Crippen MR) is 107 cm³/mol. The molecule has 3 rings (SSSR count). The Morgan fingerprint density at radius 1 is 1.27 bits per heavy atom. The van der Waals surface area contributed by atoms with Crippen LogP contribution in [-0.2, 0) is 16.6 Å². The Morgan fingerprint density at radius 3 is 2.69 bits per heavy atom. The van der Waals surface area contributed by atoms with E-state index in [1.54, 1.807) is 11.3 Å². The number of rotatable bonds is 7. The van der Waals surface area contributed by atoms with Crippen molar-refractivity contribution >= 4 is 32.2 Å². The lowest BCUT2D eigenvalue weighted by atomic mass is 9.97. The van der Waals surface area contributed by atoms with Crippen molar-refractivity contribution in [3.8, 4) is 0 Å². The van der Waals surface area contributed by atoms with E-state index >= 15 is 0 Å². The summed E-state index contributed by atoms with van der Waals surface area (Å²) in [5, 5.41) is 6.42. The fourth-order valence-electron chi connectivity index (χ4n) is 3.11. The molecule has 0 radical (unpaired) electrons. The molecule has 0 aliphatic carbocycles. The number of nitrogens with zero attached hydrogens (tertiary/aromatic N) is 2. The molecule has 0 amide bonds. The van der Waals surface area contributed by atoms with E-state index in [-0.39, 0.29) is 0 Å². The number of sulfonamides is 1. The minimum absolute atomic E-state index is 0.426. The lowest BCUT2D eigenvalue weighted by Gasteiger charge is -2.31. The van der Waals surface area contributed by atoms with Gasteiger partial charge in [-0.2, -0.15) is 0 Å². The third-order valence-corrected chi connectivity index (χ3v) is 6.16. The normalized spacial score (nSPS) is 16.7. The van der Waals surface area contributed by atoms with Crippen molar-refractivity contribution in [3.63, 3.8) is 0 Å². The Morgan fingerprint density at radius 2 is 2.00 bits per heavy atom. The molecule has 0 spiro atoms. The summed E-state index contributed by atoms with van der Waals surface area (Å²) in [6.07, 6.45) is 3.24. The summed E-state index contributed by atoms with van der Waals surface area (Å²) in [7, 11) is -3.09. The second-order valence-corrected chi connectivity index (χ2v) is 9.62. The van der Waals surface area contributed by atoms with Crippen molar-refractivity contribution < 1.29 is 8.42 Å². The van der Waals surface area contributed by atoms with Gasteiger partial charge in [0.05, 0.1) is 11.9 Å². The number of hydrogen-bond acceptors (Lipinski definition) is 6. The summed E-state index contributed by atoms with van der Waals surface area (Å²) in [5.74, 6) is 0.426. The molecular formula is C18H26N4O2S2. The third-order valence-electron chi connectivity index (χ3n) is 4.67. The van der Waals surface area contributed by atoms with Crippen molar-refractivity contribution in [2.45, 2.75) is 26.3 Å². The van der Waals surface area contributed by atoms with Gasteiger partial charge in [-0.3, -0.25) is 4.90 Å². The molecule has 1 aromatic carbocycles. The number of para-hydroxylation sites is 1. The Labute approximate surface area is 159 Å². The minimum atomic E-state index is -3.09. The lowest BCUT2D eigenvalue weighted by Crippen LogP contribution is -2.38. The molecule has 0 unspecified atom stereocenters. The number of benzene rings is 1. The van der Waals surface area contributed by atoms with Gasteiger partial charge in [0.1, 0.15) is 0 Å². The van der Waals surface area contributed by atoms with E-state index in [0.717, 1.165) is 49.0 Å². The van der Waals surface area contributed by atoms with E-state index in [2.05, 4.69) is 39.4 Å². The summed E-state index contributed by atoms with van der Waals surface area (Å²) in [5.41, 5.74) is 3.38. The number of thiazole rings is 1. The second kappa shape index (κ2) is 8.47. The quantitative estimate of drug-likeness (QED) is 0.755. The SMILES string of the molecule is Cc1ccccc1Nc1nc(CN2CCC(CNS(C)(=O)=O)CC2)cs1. The van der Waals surface area contributed by atoms with Crippen LogP contribution in [0.3, 0.4) is 0 Å². The molecule has 8 heteroatoms. The van der Waals surface area contributed by atoms with Crippen molar-refractivity contribution in [1.82, 2.24) is 14.6 Å². The second-order valence-electron chi connectivity index (χ2n) is 6.92. The van der Waals surface area contributed by atoms with Gasteiger partial charge >= 0.3 is 0 Å². The van der Waals surface area contributed by atoms with Crippen molar-refractivity contribution in [2.24, 2.45) is 5.92 Å². The topological polar surface area (TPSA) is 74.3 Å². The molecule has 0 atom stereocenters. The van der Waals surface area contributed by atoms with Crippen LogP contribution in [0.1, 0.15) is 24.1 Å². The van der Waals surface area contributed by atoms with Gasteiger partial charge in [0.15, 0.2) is 5.13 Å². The zero-order valence-electron chi connectivity index (χ0n) is 15.2. The summed E-state index contributed by atoms with van der Waals surface area (Å²) < 4.78 is 25.0. The van der Waals surface area contributed by atoms with Crippen LogP contribution in [0.4, 0.5) is 10.8 Å². The van der Waals surface area contributed by atoms with E-state index in [1.807, 2.05) is 12.1 Å². The number of aryl methyl sites for hydroxylation is 1. The highest BCUT2D eigenvalue weighted by atomic mass is 32.2. The molecule has 1 aliphatic heterocycles. The smallest absolute Gasteiger partial charge is 0.208 e. The van der Waals surface area contributed by atoms with Crippen LogP contribution in [0.25, 0.3) is 0 Å². The summed E-state index contributed by atoms with van der Waals surface area (Å²) >= 11 is 1.63. The van der Waals surface area contributed by atoms with E-state index in [1.165, 1.54) is 11.8 Å². The predicted octanol–water partition coefficient (Wildman–Crippen LogP) is 2.96. The standard InChI is InChI=1S/C18H26N4O2S2/c1-14-5-3-4-6-17(14)21-18-20-16(13-25-18)12-22-9-7-15(8-10-22)11-19-26(2,23)24/h3-6,13,15,19H,7-12H2,1-2H3,(H,20,21). The van der Waals surface area contributed by atoms with Crippen LogP contribution < -0.4 is 10.0 Å². The third kappa shape index (κ3) is 5.77. The average Bonchev–Trinajstić information content (AvgIpc) is 3.03. The zero-order chi connectivity index (χ0) is 18.6. The van der Waals surface area contributed by atoms with Gasteiger partial charge in [0.2, 0.25) is 10.0 Å². The number of likely N-dealkylation sites (tertiary alicyclic amines) is 1. The monoisotopic (exact) mass is 394 g/mol. The van der Waals surface area contributed by atoms with E-state index in [4.69, 9.17) is 4.98 Å². The Hall–Kier alpha value is -1.48. The van der Waals surface area contributed by atoms with Crippen LogP contribution >= 0.6 is 11.3 Å².